The molecular weight excluding hydrogens is 160 g/mol. The Labute approximate surface area is 78.5 Å². The molecule has 13 heavy (non-hydrogen) atoms. The van der Waals surface area contributed by atoms with Crippen LogP contribution in [-0.4, -0.2) is 12.3 Å². The van der Waals surface area contributed by atoms with Gasteiger partial charge < -0.3 is 0 Å². The van der Waals surface area contributed by atoms with Crippen LogP contribution in [0.2, 0.25) is 0 Å². The second-order valence-electron chi connectivity index (χ2n) is 2.64. The van der Waals surface area contributed by atoms with Crippen LogP contribution in [0.4, 0.5) is 0 Å². The third-order valence-corrected chi connectivity index (χ3v) is 1.78. The summed E-state index contributed by atoms with van der Waals surface area (Å²) in [7, 11) is 0. The van der Waals surface area contributed by atoms with Crippen molar-refractivity contribution in [1.29, 1.82) is 5.26 Å². The molecule has 0 fully saturated rings. The molecule has 2 heteroatoms. The van der Waals surface area contributed by atoms with Gasteiger partial charge in [0.25, 0.3) is 0 Å². The minimum absolute atomic E-state index is 0.248. The topological polar surface area (TPSA) is 36.1 Å². The van der Waals surface area contributed by atoms with Crippen LogP contribution >= 0.6 is 0 Å². The predicted molar refractivity (Wildman–Crippen MR) is 53.8 cm³/mol. The normalized spacial score (nSPS) is 10.9. The maximum absolute atomic E-state index is 8.40. The second-order valence-corrected chi connectivity index (χ2v) is 2.64. The predicted octanol–water partition coefficient (Wildman–Crippen LogP) is 2.41. The van der Waals surface area contributed by atoms with Crippen molar-refractivity contribution < 1.29 is 0 Å². The van der Waals surface area contributed by atoms with Crippen molar-refractivity contribution in [1.82, 2.24) is 0 Å². The van der Waals surface area contributed by atoms with E-state index in [0.29, 0.717) is 0 Å². The largest absolute Gasteiger partial charge is 0.274 e. The fraction of sp³-hybridized carbons (Fsp3) is 0.273. The fourth-order valence-electron chi connectivity index (χ4n) is 1.17. The maximum atomic E-state index is 8.40. The average molecular weight is 172 g/mol. The zero-order chi connectivity index (χ0) is 9.52. The van der Waals surface area contributed by atoms with Crippen LogP contribution in [0.3, 0.4) is 0 Å². The Bertz CT molecular complexity index is 320. The van der Waals surface area contributed by atoms with Crippen LogP contribution in [0.1, 0.15) is 18.9 Å². The number of nitriles is 1. The van der Waals surface area contributed by atoms with Gasteiger partial charge in [-0.25, -0.2) is 0 Å². The molecule has 0 unspecified atom stereocenters. The summed E-state index contributed by atoms with van der Waals surface area (Å²) in [5.74, 6) is 0. The van der Waals surface area contributed by atoms with E-state index in [0.717, 1.165) is 17.7 Å². The lowest BCUT2D eigenvalue weighted by atomic mass is 10.1. The molecule has 0 aromatic heterocycles. The molecule has 2 nitrogen and oxygen atoms in total. The van der Waals surface area contributed by atoms with Gasteiger partial charge in [-0.1, -0.05) is 37.3 Å². The van der Waals surface area contributed by atoms with Gasteiger partial charge in [-0.3, -0.25) is 4.99 Å². The molecule has 0 spiro atoms. The minimum Gasteiger partial charge on any atom is -0.274 e. The molecular formula is C11H12N2. The van der Waals surface area contributed by atoms with Crippen molar-refractivity contribution >= 4 is 5.71 Å². The van der Waals surface area contributed by atoms with Crippen molar-refractivity contribution in [3.8, 4) is 6.07 Å². The van der Waals surface area contributed by atoms with Crippen molar-refractivity contribution in [3.63, 3.8) is 0 Å². The van der Waals surface area contributed by atoms with Crippen molar-refractivity contribution in [3.05, 3.63) is 35.9 Å². The molecule has 0 atom stereocenters. The van der Waals surface area contributed by atoms with Gasteiger partial charge in [0.15, 0.2) is 0 Å². The highest BCUT2D eigenvalue weighted by Gasteiger charge is 1.97. The first-order valence-electron chi connectivity index (χ1n) is 4.34. The lowest BCUT2D eigenvalue weighted by Crippen LogP contribution is -1.99. The van der Waals surface area contributed by atoms with Crippen LogP contribution < -0.4 is 0 Å². The highest BCUT2D eigenvalue weighted by atomic mass is 14.7. The molecule has 1 aromatic rings. The van der Waals surface area contributed by atoms with E-state index < -0.39 is 0 Å². The number of hydrogen-bond donors (Lipinski definition) is 0. The molecule has 0 aliphatic rings. The van der Waals surface area contributed by atoms with Gasteiger partial charge in [-0.2, -0.15) is 5.26 Å². The van der Waals surface area contributed by atoms with Crippen molar-refractivity contribution in [2.45, 2.75) is 13.3 Å². The van der Waals surface area contributed by atoms with Crippen LogP contribution in [0.15, 0.2) is 35.3 Å². The number of benzene rings is 1. The highest BCUT2D eigenvalue weighted by molar-refractivity contribution is 6.00. The zero-order valence-corrected chi connectivity index (χ0v) is 7.70. The Balaban J connectivity index is 2.86. The molecule has 0 radical (unpaired) electrons. The summed E-state index contributed by atoms with van der Waals surface area (Å²) >= 11 is 0. The Kier molecular flexibility index (Phi) is 3.72. The zero-order valence-electron chi connectivity index (χ0n) is 7.70. The molecule has 0 amide bonds. The third kappa shape index (κ3) is 2.72. The molecule has 1 aromatic carbocycles. The minimum atomic E-state index is 0.248. The summed E-state index contributed by atoms with van der Waals surface area (Å²) < 4.78 is 0. The van der Waals surface area contributed by atoms with Gasteiger partial charge in [-0.05, 0) is 12.0 Å². The lowest BCUT2D eigenvalue weighted by Gasteiger charge is -2.01. The highest BCUT2D eigenvalue weighted by Crippen LogP contribution is 2.03. The van der Waals surface area contributed by atoms with Gasteiger partial charge in [0, 0.05) is 5.71 Å². The Morgan fingerprint density at radius 2 is 2.08 bits per heavy atom. The molecule has 1 rings (SSSR count). The molecule has 0 N–H and O–H groups in total. The number of rotatable bonds is 3. The fourth-order valence-corrected chi connectivity index (χ4v) is 1.17. The van der Waals surface area contributed by atoms with Gasteiger partial charge in [-0.15, -0.1) is 0 Å². The second kappa shape index (κ2) is 5.10. The third-order valence-electron chi connectivity index (χ3n) is 1.78. The van der Waals surface area contributed by atoms with E-state index in [1.54, 1.807) is 0 Å². The Hall–Kier alpha value is -1.62. The number of aliphatic imine (C=N–C) groups is 1. The summed E-state index contributed by atoms with van der Waals surface area (Å²) in [6.07, 6.45) is 0.867. The summed E-state index contributed by atoms with van der Waals surface area (Å²) in [6.45, 7) is 2.29. The van der Waals surface area contributed by atoms with Gasteiger partial charge in [0.05, 0.1) is 6.07 Å². The number of hydrogen-bond acceptors (Lipinski definition) is 2. The summed E-state index contributed by atoms with van der Waals surface area (Å²) in [5, 5.41) is 8.40. The first-order valence-corrected chi connectivity index (χ1v) is 4.34. The molecule has 0 saturated heterocycles. The monoisotopic (exact) mass is 172 g/mol. The van der Waals surface area contributed by atoms with E-state index in [-0.39, 0.29) is 6.54 Å². The van der Waals surface area contributed by atoms with Crippen molar-refractivity contribution in [2.24, 2.45) is 4.99 Å². The number of nitrogens with zero attached hydrogens (tertiary/aromatic N) is 2. The van der Waals surface area contributed by atoms with Gasteiger partial charge >= 0.3 is 0 Å². The molecule has 0 heterocycles. The van der Waals surface area contributed by atoms with E-state index >= 15 is 0 Å². The van der Waals surface area contributed by atoms with E-state index in [9.17, 15) is 0 Å². The maximum Gasteiger partial charge on any atom is 0.126 e. The molecule has 0 saturated carbocycles. The molecule has 0 bridgehead atoms. The van der Waals surface area contributed by atoms with E-state index in [4.69, 9.17) is 5.26 Å². The molecule has 66 valence electrons. The summed E-state index contributed by atoms with van der Waals surface area (Å²) in [4.78, 5) is 4.19. The molecule has 0 aliphatic heterocycles. The van der Waals surface area contributed by atoms with Crippen LogP contribution in [0.5, 0.6) is 0 Å². The average Bonchev–Trinajstić information content (AvgIpc) is 2.21. The van der Waals surface area contributed by atoms with Crippen molar-refractivity contribution in [2.75, 3.05) is 6.54 Å². The van der Waals surface area contributed by atoms with Gasteiger partial charge in [0.1, 0.15) is 6.54 Å². The van der Waals surface area contributed by atoms with E-state index in [1.807, 2.05) is 43.3 Å². The SMILES string of the molecule is CCC(=NCC#N)c1ccccc1. The first-order chi connectivity index (χ1) is 6.38. The molecule has 0 aliphatic carbocycles. The summed E-state index contributed by atoms with van der Waals surface area (Å²) in [5.41, 5.74) is 2.11. The van der Waals surface area contributed by atoms with E-state index in [2.05, 4.69) is 4.99 Å². The summed E-state index contributed by atoms with van der Waals surface area (Å²) in [6, 6.07) is 12.0. The van der Waals surface area contributed by atoms with E-state index in [1.165, 1.54) is 0 Å². The van der Waals surface area contributed by atoms with Crippen LogP contribution in [0.25, 0.3) is 0 Å². The standard InChI is InChI=1S/C11H12N2/c1-2-11(13-9-8-12)10-6-4-3-5-7-10/h3-7H,2,9H2,1H3. The smallest absolute Gasteiger partial charge is 0.126 e. The Morgan fingerprint density at radius 3 is 2.62 bits per heavy atom. The lowest BCUT2D eigenvalue weighted by molar-refractivity contribution is 1.18. The Morgan fingerprint density at radius 1 is 1.38 bits per heavy atom. The first kappa shape index (κ1) is 9.47. The van der Waals surface area contributed by atoms with Crippen LogP contribution in [0, 0.1) is 11.3 Å². The quantitative estimate of drug-likeness (QED) is 0.509. The van der Waals surface area contributed by atoms with Gasteiger partial charge in [0.2, 0.25) is 0 Å². The van der Waals surface area contributed by atoms with Crippen LogP contribution in [-0.2, 0) is 0 Å².